The molecular weight excluding hydrogens is 303 g/mol. The Kier molecular flexibility index (Phi) is 4.90. The van der Waals surface area contributed by atoms with Gasteiger partial charge < -0.3 is 4.74 Å². The number of carbonyl (C=O) groups is 1. The zero-order valence-corrected chi connectivity index (χ0v) is 11.1. The van der Waals surface area contributed by atoms with Crippen molar-refractivity contribution < 1.29 is 9.53 Å². The molecule has 0 heterocycles. The molecule has 0 aliphatic carbocycles. The summed E-state index contributed by atoms with van der Waals surface area (Å²) < 4.78 is 4.87. The van der Waals surface area contributed by atoms with Crippen LogP contribution in [0.3, 0.4) is 0 Å². The van der Waals surface area contributed by atoms with E-state index in [2.05, 4.69) is 15.9 Å². The van der Waals surface area contributed by atoms with Crippen molar-refractivity contribution in [2.24, 2.45) is 0 Å². The lowest BCUT2D eigenvalue weighted by atomic mass is 10.1. The van der Waals surface area contributed by atoms with E-state index in [1.807, 2.05) is 0 Å². The maximum Gasteiger partial charge on any atom is 0.339 e. The van der Waals surface area contributed by atoms with Crippen LogP contribution in [0.15, 0.2) is 12.1 Å². The van der Waals surface area contributed by atoms with E-state index >= 15 is 0 Å². The molecule has 1 aromatic carbocycles. The molecule has 0 aromatic heterocycles. The lowest BCUT2D eigenvalue weighted by molar-refractivity contribution is 0.0526. The summed E-state index contributed by atoms with van der Waals surface area (Å²) in [5.41, 5.74) is 1.08. The topological polar surface area (TPSA) is 26.3 Å². The van der Waals surface area contributed by atoms with Crippen LogP contribution in [-0.2, 0) is 10.1 Å². The number of benzene rings is 1. The number of hydrogen-bond acceptors (Lipinski definition) is 2. The average molecular weight is 312 g/mol. The molecule has 0 unspecified atom stereocenters. The predicted octanol–water partition coefficient (Wildman–Crippen LogP) is 4.07. The van der Waals surface area contributed by atoms with Gasteiger partial charge in [0.2, 0.25) is 0 Å². The molecule has 0 saturated heterocycles. The van der Waals surface area contributed by atoms with Crippen molar-refractivity contribution in [1.82, 2.24) is 0 Å². The van der Waals surface area contributed by atoms with E-state index in [1.54, 1.807) is 13.0 Å². The van der Waals surface area contributed by atoms with Gasteiger partial charge in [0.15, 0.2) is 0 Å². The highest BCUT2D eigenvalue weighted by atomic mass is 79.9. The van der Waals surface area contributed by atoms with Crippen LogP contribution in [-0.4, -0.2) is 12.6 Å². The van der Waals surface area contributed by atoms with E-state index in [-0.39, 0.29) is 0 Å². The van der Waals surface area contributed by atoms with E-state index in [4.69, 9.17) is 27.9 Å². The summed E-state index contributed by atoms with van der Waals surface area (Å²) in [5.74, 6) is -0.452. The van der Waals surface area contributed by atoms with Crippen LogP contribution in [0.1, 0.15) is 22.8 Å². The van der Waals surface area contributed by atoms with Gasteiger partial charge in [0.25, 0.3) is 0 Å². The minimum atomic E-state index is -0.452. The Morgan fingerprint density at radius 2 is 2.13 bits per heavy atom. The van der Waals surface area contributed by atoms with Gasteiger partial charge in [-0.25, -0.2) is 4.79 Å². The molecule has 0 amide bonds. The van der Waals surface area contributed by atoms with Crippen LogP contribution in [0.25, 0.3) is 0 Å². The van der Waals surface area contributed by atoms with Crippen LogP contribution >= 0.6 is 39.1 Å². The molecule has 0 aliphatic rings. The summed E-state index contributed by atoms with van der Waals surface area (Å²) in [6.07, 6.45) is 0. The molecule has 0 atom stereocenters. The average Bonchev–Trinajstić information content (AvgIpc) is 2.21. The van der Waals surface area contributed by atoms with Gasteiger partial charge in [-0.2, -0.15) is 0 Å². The number of halogens is 3. The number of carbonyl (C=O) groups excluding carboxylic acids is 1. The maximum absolute atomic E-state index is 11.5. The van der Waals surface area contributed by atoms with Crippen molar-refractivity contribution in [3.05, 3.63) is 33.3 Å². The molecule has 82 valence electrons. The largest absolute Gasteiger partial charge is 0.462 e. The lowest BCUT2D eigenvalue weighted by Gasteiger charge is -2.08. The number of alkyl halides is 1. The second-order valence-corrected chi connectivity index (χ2v) is 4.16. The van der Waals surface area contributed by atoms with Crippen molar-refractivity contribution in [2.45, 2.75) is 12.3 Å². The fraction of sp³-hybridized carbons (Fsp3) is 0.300. The molecule has 2 nitrogen and oxygen atoms in total. The number of ether oxygens (including phenoxy) is 1. The monoisotopic (exact) mass is 310 g/mol. The van der Waals surface area contributed by atoms with Gasteiger partial charge in [0.05, 0.1) is 17.2 Å². The Labute approximate surface area is 107 Å². The van der Waals surface area contributed by atoms with E-state index < -0.39 is 5.97 Å². The fourth-order valence-corrected chi connectivity index (χ4v) is 2.20. The van der Waals surface area contributed by atoms with Crippen molar-refractivity contribution in [3.63, 3.8) is 0 Å². The first-order valence-electron chi connectivity index (χ1n) is 4.31. The van der Waals surface area contributed by atoms with Crippen molar-refractivity contribution >= 4 is 45.1 Å². The normalized spacial score (nSPS) is 10.1. The summed E-state index contributed by atoms with van der Waals surface area (Å²) in [7, 11) is 0. The SMILES string of the molecule is CCOC(=O)c1cc(Cl)cc(CBr)c1Cl. The molecule has 0 aliphatic heterocycles. The first kappa shape index (κ1) is 12.8. The summed E-state index contributed by atoms with van der Waals surface area (Å²) in [4.78, 5) is 11.5. The summed E-state index contributed by atoms with van der Waals surface area (Å²) in [6, 6.07) is 3.22. The van der Waals surface area contributed by atoms with E-state index in [0.717, 1.165) is 5.56 Å². The van der Waals surface area contributed by atoms with E-state index in [9.17, 15) is 4.79 Å². The van der Waals surface area contributed by atoms with Crippen LogP contribution in [0.2, 0.25) is 10.0 Å². The van der Waals surface area contributed by atoms with Crippen LogP contribution in [0.4, 0.5) is 0 Å². The number of esters is 1. The Bertz CT molecular complexity index is 380. The van der Waals surface area contributed by atoms with Crippen LogP contribution in [0.5, 0.6) is 0 Å². The first-order valence-corrected chi connectivity index (χ1v) is 6.18. The Morgan fingerprint density at radius 1 is 1.47 bits per heavy atom. The van der Waals surface area contributed by atoms with Gasteiger partial charge in [-0.3, -0.25) is 0 Å². The zero-order valence-electron chi connectivity index (χ0n) is 8.02. The maximum atomic E-state index is 11.5. The molecule has 0 N–H and O–H groups in total. The minimum Gasteiger partial charge on any atom is -0.462 e. The van der Waals surface area contributed by atoms with Crippen LogP contribution in [0, 0.1) is 0 Å². The molecule has 0 saturated carbocycles. The first-order chi connectivity index (χ1) is 7.10. The molecule has 0 spiro atoms. The third kappa shape index (κ3) is 3.10. The number of hydrogen-bond donors (Lipinski definition) is 0. The Morgan fingerprint density at radius 3 is 2.67 bits per heavy atom. The van der Waals surface area contributed by atoms with E-state index in [0.29, 0.717) is 27.5 Å². The molecule has 1 rings (SSSR count). The van der Waals surface area contributed by atoms with Crippen molar-refractivity contribution in [1.29, 1.82) is 0 Å². The van der Waals surface area contributed by atoms with E-state index in [1.165, 1.54) is 6.07 Å². The standard InChI is InChI=1S/C10H9BrCl2O2/c1-2-15-10(14)8-4-7(12)3-6(5-11)9(8)13/h3-4H,2,5H2,1H3. The Hall–Kier alpha value is -0.250. The second-order valence-electron chi connectivity index (χ2n) is 2.78. The van der Waals surface area contributed by atoms with Crippen LogP contribution < -0.4 is 0 Å². The molecule has 0 radical (unpaired) electrons. The zero-order chi connectivity index (χ0) is 11.4. The third-order valence-corrected chi connectivity index (χ3v) is 3.02. The lowest BCUT2D eigenvalue weighted by Crippen LogP contribution is -2.06. The van der Waals surface area contributed by atoms with Crippen molar-refractivity contribution in [3.8, 4) is 0 Å². The van der Waals surface area contributed by atoms with Gasteiger partial charge in [-0.15, -0.1) is 0 Å². The fourth-order valence-electron chi connectivity index (χ4n) is 1.10. The predicted molar refractivity (Wildman–Crippen MR) is 65.0 cm³/mol. The van der Waals surface area contributed by atoms with Gasteiger partial charge in [0, 0.05) is 10.4 Å². The smallest absolute Gasteiger partial charge is 0.339 e. The summed E-state index contributed by atoms with van der Waals surface area (Å²) >= 11 is 15.1. The highest BCUT2D eigenvalue weighted by molar-refractivity contribution is 9.08. The molecule has 1 aromatic rings. The summed E-state index contributed by atoms with van der Waals surface area (Å²) in [5, 5.41) is 1.39. The molecule has 0 bridgehead atoms. The highest BCUT2D eigenvalue weighted by Gasteiger charge is 2.15. The molecule has 0 fully saturated rings. The summed E-state index contributed by atoms with van der Waals surface area (Å²) in [6.45, 7) is 2.05. The molecule has 5 heteroatoms. The van der Waals surface area contributed by atoms with Gasteiger partial charge >= 0.3 is 5.97 Å². The Balaban J connectivity index is 3.17. The quantitative estimate of drug-likeness (QED) is 0.621. The van der Waals surface area contributed by atoms with Gasteiger partial charge in [0.1, 0.15) is 0 Å². The minimum absolute atomic E-state index is 0.306. The number of rotatable bonds is 3. The van der Waals surface area contributed by atoms with Crippen molar-refractivity contribution in [2.75, 3.05) is 6.61 Å². The van der Waals surface area contributed by atoms with Gasteiger partial charge in [-0.05, 0) is 24.6 Å². The molecule has 15 heavy (non-hydrogen) atoms. The third-order valence-electron chi connectivity index (χ3n) is 1.75. The molecular formula is C10H9BrCl2O2. The highest BCUT2D eigenvalue weighted by Crippen LogP contribution is 2.28. The van der Waals surface area contributed by atoms with Gasteiger partial charge in [-0.1, -0.05) is 39.1 Å². The second kappa shape index (κ2) is 5.73.